The molecule has 1 saturated heterocycles. The van der Waals surface area contributed by atoms with Crippen LogP contribution in [0.2, 0.25) is 0 Å². The minimum Gasteiger partial charge on any atom is -0.497 e. The maximum Gasteiger partial charge on any atom is 0.322 e. The second-order valence-electron chi connectivity index (χ2n) is 7.59. The Bertz CT molecular complexity index is 982. The first-order chi connectivity index (χ1) is 15.2. The van der Waals surface area contributed by atoms with Crippen molar-refractivity contribution in [2.24, 2.45) is 7.05 Å². The van der Waals surface area contributed by atoms with Gasteiger partial charge in [0.1, 0.15) is 17.6 Å². The molecule has 9 heteroatoms. The molecule has 1 aromatic carbocycles. The van der Waals surface area contributed by atoms with Gasteiger partial charge in [0.05, 0.1) is 14.2 Å². The van der Waals surface area contributed by atoms with Gasteiger partial charge in [0.2, 0.25) is 11.9 Å². The molecule has 0 spiro atoms. The minimum absolute atomic E-state index is 0.255. The molecule has 4 rings (SSSR count). The second kappa shape index (κ2) is 9.63. The average molecular weight is 424 g/mol. The molecular formula is C22H29N7O2. The van der Waals surface area contributed by atoms with E-state index in [1.165, 1.54) is 12.8 Å². The van der Waals surface area contributed by atoms with Gasteiger partial charge in [0, 0.05) is 32.5 Å². The Hall–Kier alpha value is -3.36. The molecular weight excluding hydrogens is 394 g/mol. The highest BCUT2D eigenvalue weighted by atomic mass is 16.5. The third-order valence-corrected chi connectivity index (χ3v) is 5.51. The van der Waals surface area contributed by atoms with E-state index in [9.17, 15) is 0 Å². The number of rotatable bonds is 7. The monoisotopic (exact) mass is 423 g/mol. The molecule has 0 saturated carbocycles. The first-order valence-electron chi connectivity index (χ1n) is 10.6. The summed E-state index contributed by atoms with van der Waals surface area (Å²) in [6.07, 6.45) is 8.45. The molecule has 0 aliphatic carbocycles. The molecule has 0 radical (unpaired) electrons. The van der Waals surface area contributed by atoms with Gasteiger partial charge in [0.25, 0.3) is 0 Å². The van der Waals surface area contributed by atoms with Crippen molar-refractivity contribution in [2.45, 2.75) is 31.7 Å². The van der Waals surface area contributed by atoms with Gasteiger partial charge < -0.3 is 24.3 Å². The second-order valence-corrected chi connectivity index (χ2v) is 7.59. The smallest absolute Gasteiger partial charge is 0.322 e. The van der Waals surface area contributed by atoms with Crippen molar-refractivity contribution < 1.29 is 9.47 Å². The molecule has 31 heavy (non-hydrogen) atoms. The average Bonchev–Trinajstić information content (AvgIpc) is 3.05. The van der Waals surface area contributed by atoms with Crippen LogP contribution in [-0.2, 0) is 7.05 Å². The maximum absolute atomic E-state index is 5.38. The minimum atomic E-state index is -0.255. The lowest BCUT2D eigenvalue weighted by atomic mass is 10.1. The highest BCUT2D eigenvalue weighted by Gasteiger charge is 2.22. The van der Waals surface area contributed by atoms with E-state index < -0.39 is 0 Å². The lowest BCUT2D eigenvalue weighted by Gasteiger charge is -2.23. The molecule has 1 aliphatic heterocycles. The topological polar surface area (TPSA) is 90.2 Å². The number of hydrogen-bond donors (Lipinski definition) is 1. The fourth-order valence-corrected chi connectivity index (χ4v) is 3.79. The van der Waals surface area contributed by atoms with Gasteiger partial charge in [-0.25, -0.2) is 4.98 Å². The number of ether oxygens (including phenoxy) is 2. The molecule has 3 heterocycles. The van der Waals surface area contributed by atoms with Gasteiger partial charge >= 0.3 is 6.01 Å². The standard InChI is InChI=1S/C22H29N7O2/c1-28-15-12-23-19(28)18(16-8-10-17(30-2)11-9-16)24-20-25-21(27-22(26-20)31-3)29-13-6-4-5-7-14-29/h8-12,15,18H,4-7,13-14H2,1-3H3,(H,24,25,26,27). The van der Waals surface area contributed by atoms with Crippen molar-refractivity contribution in [2.75, 3.05) is 37.5 Å². The van der Waals surface area contributed by atoms with E-state index in [1.54, 1.807) is 20.4 Å². The summed E-state index contributed by atoms with van der Waals surface area (Å²) in [6.45, 7) is 1.88. The predicted molar refractivity (Wildman–Crippen MR) is 119 cm³/mol. The van der Waals surface area contributed by atoms with Crippen LogP contribution in [0.4, 0.5) is 11.9 Å². The molecule has 164 valence electrons. The number of nitrogens with one attached hydrogen (secondary N) is 1. The van der Waals surface area contributed by atoms with Crippen LogP contribution in [0, 0.1) is 0 Å². The third kappa shape index (κ3) is 4.87. The van der Waals surface area contributed by atoms with E-state index in [1.807, 2.05) is 42.1 Å². The largest absolute Gasteiger partial charge is 0.497 e. The Morgan fingerprint density at radius 3 is 2.29 bits per heavy atom. The van der Waals surface area contributed by atoms with Crippen LogP contribution in [0.1, 0.15) is 43.1 Å². The summed E-state index contributed by atoms with van der Waals surface area (Å²) in [5.41, 5.74) is 1.02. The molecule has 1 aliphatic rings. The van der Waals surface area contributed by atoms with E-state index in [-0.39, 0.29) is 6.04 Å². The van der Waals surface area contributed by atoms with Gasteiger partial charge in [-0.1, -0.05) is 25.0 Å². The fourth-order valence-electron chi connectivity index (χ4n) is 3.79. The number of anilines is 2. The van der Waals surface area contributed by atoms with Crippen LogP contribution in [0.3, 0.4) is 0 Å². The lowest BCUT2D eigenvalue weighted by Crippen LogP contribution is -2.27. The zero-order chi connectivity index (χ0) is 21.6. The summed E-state index contributed by atoms with van der Waals surface area (Å²) >= 11 is 0. The Kier molecular flexibility index (Phi) is 6.49. The molecule has 9 nitrogen and oxygen atoms in total. The molecule has 2 aromatic heterocycles. The van der Waals surface area contributed by atoms with Gasteiger partial charge in [-0.15, -0.1) is 0 Å². The number of aromatic nitrogens is 5. The van der Waals surface area contributed by atoms with E-state index in [0.717, 1.165) is 43.1 Å². The Morgan fingerprint density at radius 1 is 0.935 bits per heavy atom. The van der Waals surface area contributed by atoms with E-state index in [0.29, 0.717) is 17.9 Å². The zero-order valence-electron chi connectivity index (χ0n) is 18.3. The normalized spacial score (nSPS) is 15.3. The van der Waals surface area contributed by atoms with Crippen molar-refractivity contribution >= 4 is 11.9 Å². The first kappa shape index (κ1) is 20.9. The summed E-state index contributed by atoms with van der Waals surface area (Å²) in [5.74, 6) is 2.74. The highest BCUT2D eigenvalue weighted by molar-refractivity contribution is 5.43. The van der Waals surface area contributed by atoms with E-state index in [4.69, 9.17) is 14.5 Å². The molecule has 1 unspecified atom stereocenters. The van der Waals surface area contributed by atoms with E-state index in [2.05, 4.69) is 25.2 Å². The number of imidazole rings is 1. The van der Waals surface area contributed by atoms with Gasteiger partial charge in [-0.05, 0) is 30.5 Å². The van der Waals surface area contributed by atoms with Crippen molar-refractivity contribution in [3.05, 3.63) is 48.0 Å². The summed E-state index contributed by atoms with van der Waals surface area (Å²) in [4.78, 5) is 20.5. The van der Waals surface area contributed by atoms with Gasteiger partial charge in [-0.3, -0.25) is 0 Å². The number of benzene rings is 1. The van der Waals surface area contributed by atoms with Gasteiger partial charge in [-0.2, -0.15) is 15.0 Å². The van der Waals surface area contributed by atoms with Crippen LogP contribution in [0.5, 0.6) is 11.8 Å². The Labute approximate surface area is 182 Å². The summed E-state index contributed by atoms with van der Waals surface area (Å²) in [7, 11) is 5.20. The van der Waals surface area contributed by atoms with E-state index >= 15 is 0 Å². The molecule has 1 fully saturated rings. The van der Waals surface area contributed by atoms with Crippen LogP contribution < -0.4 is 19.7 Å². The van der Waals surface area contributed by atoms with Crippen LogP contribution in [0.15, 0.2) is 36.7 Å². The quantitative estimate of drug-likeness (QED) is 0.620. The van der Waals surface area contributed by atoms with Crippen LogP contribution in [0.25, 0.3) is 0 Å². The summed E-state index contributed by atoms with van der Waals surface area (Å²) < 4.78 is 12.7. The van der Waals surface area contributed by atoms with Crippen LogP contribution in [-0.4, -0.2) is 51.8 Å². The zero-order valence-corrected chi connectivity index (χ0v) is 18.3. The van der Waals surface area contributed by atoms with Crippen molar-refractivity contribution in [1.29, 1.82) is 0 Å². The molecule has 1 N–H and O–H groups in total. The number of methoxy groups -OCH3 is 2. The first-order valence-corrected chi connectivity index (χ1v) is 10.6. The van der Waals surface area contributed by atoms with Crippen molar-refractivity contribution in [3.8, 4) is 11.8 Å². The Balaban J connectivity index is 1.68. The number of aryl methyl sites for hydroxylation is 1. The lowest BCUT2D eigenvalue weighted by molar-refractivity contribution is 0.378. The molecule has 1 atom stereocenters. The molecule has 0 amide bonds. The van der Waals surface area contributed by atoms with Crippen molar-refractivity contribution in [1.82, 2.24) is 24.5 Å². The van der Waals surface area contributed by atoms with Crippen molar-refractivity contribution in [3.63, 3.8) is 0 Å². The maximum atomic E-state index is 5.38. The fraction of sp³-hybridized carbons (Fsp3) is 0.455. The summed E-state index contributed by atoms with van der Waals surface area (Å²) in [5, 5.41) is 3.45. The molecule has 0 bridgehead atoms. The SMILES string of the molecule is COc1ccc(C(Nc2nc(OC)nc(N3CCCCCC3)n2)c2nccn2C)cc1. The number of nitrogens with zero attached hydrogens (tertiary/aromatic N) is 6. The summed E-state index contributed by atoms with van der Waals surface area (Å²) in [6, 6.07) is 7.94. The highest BCUT2D eigenvalue weighted by Crippen LogP contribution is 2.27. The predicted octanol–water partition coefficient (Wildman–Crippen LogP) is 3.20. The van der Waals surface area contributed by atoms with Gasteiger partial charge in [0.15, 0.2) is 0 Å². The Morgan fingerprint density at radius 2 is 1.68 bits per heavy atom. The molecule has 3 aromatic rings. The third-order valence-electron chi connectivity index (χ3n) is 5.51. The van der Waals surface area contributed by atoms with Crippen LogP contribution >= 0.6 is 0 Å². The number of hydrogen-bond acceptors (Lipinski definition) is 8.